The first-order chi connectivity index (χ1) is 11.2. The van der Waals surface area contributed by atoms with Crippen molar-refractivity contribution in [1.82, 2.24) is 14.8 Å². The van der Waals surface area contributed by atoms with Gasteiger partial charge >= 0.3 is 0 Å². The molecule has 0 saturated carbocycles. The van der Waals surface area contributed by atoms with Crippen molar-refractivity contribution in [2.24, 2.45) is 0 Å². The van der Waals surface area contributed by atoms with Crippen LogP contribution < -0.4 is 4.74 Å². The number of allylic oxidation sites excluding steroid dienone is 1. The monoisotopic (exact) mass is 314 g/mol. The average Bonchev–Trinajstić information content (AvgIpc) is 2.78. The predicted octanol–water partition coefficient (Wildman–Crippen LogP) is 2.30. The lowest BCUT2D eigenvalue weighted by atomic mass is 10.1. The van der Waals surface area contributed by atoms with E-state index in [1.807, 2.05) is 18.2 Å². The molecular formula is C18H26N4O. The van der Waals surface area contributed by atoms with Crippen LogP contribution in [-0.2, 0) is 0 Å². The molecule has 0 radical (unpaired) electrons. The van der Waals surface area contributed by atoms with E-state index in [1.54, 1.807) is 12.3 Å². The maximum absolute atomic E-state index is 8.82. The lowest BCUT2D eigenvalue weighted by molar-refractivity contribution is 0.127. The van der Waals surface area contributed by atoms with Crippen LogP contribution in [0.2, 0.25) is 0 Å². The zero-order valence-electron chi connectivity index (χ0n) is 13.9. The zero-order valence-corrected chi connectivity index (χ0v) is 13.9. The second kappa shape index (κ2) is 9.29. The summed E-state index contributed by atoms with van der Waals surface area (Å²) in [6, 6.07) is 5.54. The summed E-state index contributed by atoms with van der Waals surface area (Å²) in [5, 5.41) is 8.82. The van der Waals surface area contributed by atoms with E-state index in [2.05, 4.69) is 28.4 Å². The standard InChI is InChI=1S/C18H26N4O/c1-3-4-6-18(15-22-10-5-9-21(2)11-12-22)23-17-8-7-16(13-19)20-14-17/h3,7-8,14,18H,1,4-6,9-12,15H2,2H3. The first-order valence-corrected chi connectivity index (χ1v) is 8.26. The minimum absolute atomic E-state index is 0.117. The van der Waals surface area contributed by atoms with Gasteiger partial charge in [0.15, 0.2) is 0 Å². The minimum Gasteiger partial charge on any atom is -0.487 e. The molecule has 1 atom stereocenters. The fourth-order valence-electron chi connectivity index (χ4n) is 2.77. The Balaban J connectivity index is 1.95. The number of pyridine rings is 1. The molecule has 1 fully saturated rings. The van der Waals surface area contributed by atoms with E-state index >= 15 is 0 Å². The summed E-state index contributed by atoms with van der Waals surface area (Å²) >= 11 is 0. The van der Waals surface area contributed by atoms with Crippen molar-refractivity contribution >= 4 is 0 Å². The lowest BCUT2D eigenvalue weighted by Crippen LogP contribution is -2.37. The van der Waals surface area contributed by atoms with E-state index in [9.17, 15) is 0 Å². The van der Waals surface area contributed by atoms with Crippen molar-refractivity contribution < 1.29 is 4.74 Å². The number of nitrogens with zero attached hydrogens (tertiary/aromatic N) is 4. The van der Waals surface area contributed by atoms with Crippen LogP contribution in [-0.4, -0.2) is 60.7 Å². The van der Waals surface area contributed by atoms with Gasteiger partial charge in [-0.15, -0.1) is 6.58 Å². The van der Waals surface area contributed by atoms with Gasteiger partial charge < -0.3 is 9.64 Å². The third-order valence-corrected chi connectivity index (χ3v) is 4.12. The first kappa shape index (κ1) is 17.5. The van der Waals surface area contributed by atoms with Crippen molar-refractivity contribution in [3.8, 4) is 11.8 Å². The van der Waals surface area contributed by atoms with Crippen molar-refractivity contribution in [2.75, 3.05) is 39.8 Å². The van der Waals surface area contributed by atoms with E-state index in [4.69, 9.17) is 10.00 Å². The Labute approximate surface area is 139 Å². The number of ether oxygens (including phenoxy) is 1. The third-order valence-electron chi connectivity index (χ3n) is 4.12. The molecule has 0 aromatic carbocycles. The topological polar surface area (TPSA) is 52.4 Å². The average molecular weight is 314 g/mol. The maximum Gasteiger partial charge on any atom is 0.140 e. The molecule has 2 rings (SSSR count). The molecule has 2 heterocycles. The lowest BCUT2D eigenvalue weighted by Gasteiger charge is -2.26. The van der Waals surface area contributed by atoms with Crippen LogP contribution in [0, 0.1) is 11.3 Å². The molecule has 1 saturated heterocycles. The molecular weight excluding hydrogens is 288 g/mol. The summed E-state index contributed by atoms with van der Waals surface area (Å²) in [5.41, 5.74) is 0.413. The molecule has 0 aliphatic carbocycles. The van der Waals surface area contributed by atoms with Gasteiger partial charge in [-0.2, -0.15) is 5.26 Å². The van der Waals surface area contributed by atoms with Crippen LogP contribution >= 0.6 is 0 Å². The van der Waals surface area contributed by atoms with Crippen LogP contribution in [0.5, 0.6) is 5.75 Å². The highest BCUT2D eigenvalue weighted by molar-refractivity contribution is 5.26. The fourth-order valence-corrected chi connectivity index (χ4v) is 2.77. The van der Waals surface area contributed by atoms with Gasteiger partial charge in [0.25, 0.3) is 0 Å². The molecule has 1 aliphatic heterocycles. The Hall–Kier alpha value is -1.90. The molecule has 124 valence electrons. The summed E-state index contributed by atoms with van der Waals surface area (Å²) in [5.74, 6) is 0.727. The van der Waals surface area contributed by atoms with Crippen molar-refractivity contribution in [3.05, 3.63) is 36.7 Å². The second-order valence-corrected chi connectivity index (χ2v) is 6.05. The van der Waals surface area contributed by atoms with Crippen LogP contribution in [0.1, 0.15) is 25.0 Å². The number of nitriles is 1. The largest absolute Gasteiger partial charge is 0.487 e. The molecule has 0 N–H and O–H groups in total. The normalized spacial score (nSPS) is 17.9. The highest BCUT2D eigenvalue weighted by atomic mass is 16.5. The number of aromatic nitrogens is 1. The summed E-state index contributed by atoms with van der Waals surface area (Å²) < 4.78 is 6.11. The Morgan fingerprint density at radius 1 is 1.39 bits per heavy atom. The smallest absolute Gasteiger partial charge is 0.140 e. The van der Waals surface area contributed by atoms with Crippen molar-refractivity contribution in [3.63, 3.8) is 0 Å². The maximum atomic E-state index is 8.82. The number of likely N-dealkylation sites (N-methyl/N-ethyl adjacent to an activating group) is 1. The molecule has 5 heteroatoms. The number of rotatable bonds is 7. The molecule has 1 unspecified atom stereocenters. The molecule has 0 bridgehead atoms. The van der Waals surface area contributed by atoms with Gasteiger partial charge in [-0.05, 0) is 51.5 Å². The Kier molecular flexibility index (Phi) is 7.05. The molecule has 23 heavy (non-hydrogen) atoms. The SMILES string of the molecule is C=CCCC(CN1CCCN(C)CC1)Oc1ccc(C#N)nc1. The molecule has 1 aromatic rings. The predicted molar refractivity (Wildman–Crippen MR) is 91.4 cm³/mol. The van der Waals surface area contributed by atoms with Gasteiger partial charge in [0.2, 0.25) is 0 Å². The minimum atomic E-state index is 0.117. The van der Waals surface area contributed by atoms with Gasteiger partial charge in [0.05, 0.1) is 6.20 Å². The van der Waals surface area contributed by atoms with Gasteiger partial charge in [0.1, 0.15) is 23.6 Å². The van der Waals surface area contributed by atoms with Gasteiger partial charge in [-0.3, -0.25) is 4.90 Å². The highest BCUT2D eigenvalue weighted by Crippen LogP contribution is 2.15. The molecule has 5 nitrogen and oxygen atoms in total. The molecule has 1 aromatic heterocycles. The third kappa shape index (κ3) is 6.01. The summed E-state index contributed by atoms with van der Waals surface area (Å²) in [6.07, 6.45) is 6.76. The summed E-state index contributed by atoms with van der Waals surface area (Å²) in [7, 11) is 2.18. The van der Waals surface area contributed by atoms with Gasteiger partial charge in [-0.1, -0.05) is 6.08 Å². The zero-order chi connectivity index (χ0) is 16.5. The Bertz CT molecular complexity index is 523. The van der Waals surface area contributed by atoms with E-state index in [-0.39, 0.29) is 6.10 Å². The quantitative estimate of drug-likeness (QED) is 0.723. The number of hydrogen-bond donors (Lipinski definition) is 0. The van der Waals surface area contributed by atoms with Crippen LogP contribution in [0.3, 0.4) is 0 Å². The summed E-state index contributed by atoms with van der Waals surface area (Å²) in [6.45, 7) is 9.19. The Morgan fingerprint density at radius 2 is 2.26 bits per heavy atom. The molecule has 1 aliphatic rings. The molecule has 0 spiro atoms. The van der Waals surface area contributed by atoms with E-state index in [0.29, 0.717) is 5.69 Å². The van der Waals surface area contributed by atoms with Crippen molar-refractivity contribution in [2.45, 2.75) is 25.4 Å². The van der Waals surface area contributed by atoms with Gasteiger partial charge in [-0.25, -0.2) is 4.98 Å². The first-order valence-electron chi connectivity index (χ1n) is 8.26. The Morgan fingerprint density at radius 3 is 2.96 bits per heavy atom. The van der Waals surface area contributed by atoms with Crippen LogP contribution in [0.25, 0.3) is 0 Å². The van der Waals surface area contributed by atoms with E-state index < -0.39 is 0 Å². The molecule has 0 amide bonds. The summed E-state index contributed by atoms with van der Waals surface area (Å²) in [4.78, 5) is 8.94. The highest BCUT2D eigenvalue weighted by Gasteiger charge is 2.18. The van der Waals surface area contributed by atoms with Crippen molar-refractivity contribution in [1.29, 1.82) is 5.26 Å². The second-order valence-electron chi connectivity index (χ2n) is 6.05. The van der Waals surface area contributed by atoms with E-state index in [0.717, 1.165) is 51.3 Å². The van der Waals surface area contributed by atoms with Gasteiger partial charge in [0, 0.05) is 19.6 Å². The van der Waals surface area contributed by atoms with E-state index in [1.165, 1.54) is 6.42 Å². The van der Waals surface area contributed by atoms with Crippen LogP contribution in [0.15, 0.2) is 31.0 Å². The van der Waals surface area contributed by atoms with Crippen LogP contribution in [0.4, 0.5) is 0 Å². The fraction of sp³-hybridized carbons (Fsp3) is 0.556. The number of hydrogen-bond acceptors (Lipinski definition) is 5.